The number of hydrogen-bond acceptors (Lipinski definition) is 4. The molecular formula is C17H20N2O5S. The Kier molecular flexibility index (Phi) is 5.44. The fourth-order valence-electron chi connectivity index (χ4n) is 2.51. The Morgan fingerprint density at radius 2 is 1.64 bits per heavy atom. The zero-order chi connectivity index (χ0) is 18.8. The summed E-state index contributed by atoms with van der Waals surface area (Å²) in [6.07, 6.45) is 0. The SMILES string of the molecule is CC(=O)Nc1ccc(S(=O)(=O)N[C@H](C(=O)O)C(C)C)c2ccccc12. The lowest BCUT2D eigenvalue weighted by molar-refractivity contribution is -0.140. The first kappa shape index (κ1) is 18.9. The van der Waals surface area contributed by atoms with Gasteiger partial charge in [0.05, 0.1) is 4.90 Å². The summed E-state index contributed by atoms with van der Waals surface area (Å²) in [5.74, 6) is -1.93. The van der Waals surface area contributed by atoms with Gasteiger partial charge in [0.1, 0.15) is 6.04 Å². The van der Waals surface area contributed by atoms with E-state index in [-0.39, 0.29) is 10.8 Å². The van der Waals surface area contributed by atoms with E-state index in [1.165, 1.54) is 19.1 Å². The van der Waals surface area contributed by atoms with E-state index in [1.807, 2.05) is 0 Å². The van der Waals surface area contributed by atoms with Crippen molar-refractivity contribution >= 4 is 38.4 Å². The molecule has 0 aliphatic rings. The highest BCUT2D eigenvalue weighted by Crippen LogP contribution is 2.29. The summed E-state index contributed by atoms with van der Waals surface area (Å²) < 4.78 is 27.7. The highest BCUT2D eigenvalue weighted by Gasteiger charge is 2.29. The molecule has 0 aliphatic heterocycles. The second-order valence-electron chi connectivity index (χ2n) is 6.02. The molecule has 25 heavy (non-hydrogen) atoms. The van der Waals surface area contributed by atoms with Crippen LogP contribution in [0.1, 0.15) is 20.8 Å². The summed E-state index contributed by atoms with van der Waals surface area (Å²) in [5.41, 5.74) is 0.487. The normalized spacial score (nSPS) is 13.0. The lowest BCUT2D eigenvalue weighted by Gasteiger charge is -2.19. The zero-order valence-corrected chi connectivity index (χ0v) is 14.9. The largest absolute Gasteiger partial charge is 0.480 e. The highest BCUT2D eigenvalue weighted by molar-refractivity contribution is 7.89. The van der Waals surface area contributed by atoms with Gasteiger partial charge in [-0.3, -0.25) is 9.59 Å². The maximum atomic E-state index is 12.7. The van der Waals surface area contributed by atoms with Gasteiger partial charge in [0.15, 0.2) is 0 Å². The van der Waals surface area contributed by atoms with Gasteiger partial charge in [-0.15, -0.1) is 0 Å². The van der Waals surface area contributed by atoms with Crippen LogP contribution in [0, 0.1) is 5.92 Å². The third-order valence-corrected chi connectivity index (χ3v) is 5.20. The molecule has 0 spiro atoms. The van der Waals surface area contributed by atoms with Crippen molar-refractivity contribution < 1.29 is 23.1 Å². The molecule has 2 rings (SSSR count). The Morgan fingerprint density at radius 3 is 2.16 bits per heavy atom. The molecule has 2 aromatic carbocycles. The van der Waals surface area contributed by atoms with Gasteiger partial charge in [-0.25, -0.2) is 8.42 Å². The molecule has 0 aromatic heterocycles. The van der Waals surface area contributed by atoms with Crippen LogP contribution in [-0.2, 0) is 19.6 Å². The number of carbonyl (C=O) groups excluding carboxylic acids is 1. The number of carbonyl (C=O) groups is 2. The van der Waals surface area contributed by atoms with Gasteiger partial charge in [0, 0.05) is 23.4 Å². The van der Waals surface area contributed by atoms with Crippen LogP contribution in [0.5, 0.6) is 0 Å². The number of amides is 1. The molecule has 0 unspecified atom stereocenters. The van der Waals surface area contributed by atoms with Gasteiger partial charge in [-0.1, -0.05) is 38.1 Å². The van der Waals surface area contributed by atoms with Crippen molar-refractivity contribution in [1.29, 1.82) is 0 Å². The van der Waals surface area contributed by atoms with E-state index >= 15 is 0 Å². The quantitative estimate of drug-likeness (QED) is 0.727. The topological polar surface area (TPSA) is 113 Å². The Morgan fingerprint density at radius 1 is 1.04 bits per heavy atom. The fourth-order valence-corrected chi connectivity index (χ4v) is 4.06. The minimum atomic E-state index is -4.06. The number of benzene rings is 2. The van der Waals surface area contributed by atoms with Crippen LogP contribution in [-0.4, -0.2) is 31.4 Å². The van der Waals surface area contributed by atoms with Crippen LogP contribution in [0.4, 0.5) is 5.69 Å². The van der Waals surface area contributed by atoms with Gasteiger partial charge in [-0.2, -0.15) is 4.72 Å². The molecule has 0 fully saturated rings. The van der Waals surface area contributed by atoms with Crippen molar-refractivity contribution in [3.8, 4) is 0 Å². The first-order valence-electron chi connectivity index (χ1n) is 7.68. The molecule has 8 heteroatoms. The van der Waals surface area contributed by atoms with Crippen LogP contribution in [0.15, 0.2) is 41.3 Å². The fraction of sp³-hybridized carbons (Fsp3) is 0.294. The number of carboxylic acids is 1. The van der Waals surface area contributed by atoms with E-state index < -0.39 is 28.0 Å². The van der Waals surface area contributed by atoms with E-state index in [0.29, 0.717) is 16.5 Å². The third-order valence-electron chi connectivity index (χ3n) is 3.70. The molecule has 7 nitrogen and oxygen atoms in total. The summed E-state index contributed by atoms with van der Waals surface area (Å²) in [7, 11) is -4.06. The lowest BCUT2D eigenvalue weighted by Crippen LogP contribution is -2.44. The summed E-state index contributed by atoms with van der Waals surface area (Å²) in [6, 6.07) is 8.32. The number of hydrogen-bond donors (Lipinski definition) is 3. The van der Waals surface area contributed by atoms with E-state index in [4.69, 9.17) is 0 Å². The Bertz CT molecular complexity index is 922. The maximum Gasteiger partial charge on any atom is 0.322 e. The second-order valence-corrected chi connectivity index (χ2v) is 7.70. The number of rotatable bonds is 6. The Labute approximate surface area is 146 Å². The molecular weight excluding hydrogens is 344 g/mol. The highest BCUT2D eigenvalue weighted by atomic mass is 32.2. The van der Waals surface area contributed by atoms with Crippen LogP contribution in [0.2, 0.25) is 0 Å². The zero-order valence-electron chi connectivity index (χ0n) is 14.1. The second kappa shape index (κ2) is 7.20. The average molecular weight is 364 g/mol. The molecule has 0 bridgehead atoms. The number of fused-ring (bicyclic) bond motifs is 1. The summed E-state index contributed by atoms with van der Waals surface area (Å²) >= 11 is 0. The predicted octanol–water partition coefficient (Wildman–Crippen LogP) is 2.19. The third kappa shape index (κ3) is 4.15. The first-order chi connectivity index (χ1) is 11.6. The van der Waals surface area contributed by atoms with Gasteiger partial charge < -0.3 is 10.4 Å². The molecule has 0 heterocycles. The Balaban J connectivity index is 2.57. The minimum Gasteiger partial charge on any atom is -0.480 e. The molecule has 0 saturated carbocycles. The van der Waals surface area contributed by atoms with Crippen LogP contribution >= 0.6 is 0 Å². The van der Waals surface area contributed by atoms with E-state index in [9.17, 15) is 23.1 Å². The standard InChI is InChI=1S/C17H20N2O5S/c1-10(2)16(17(21)22)19-25(23,24)15-9-8-14(18-11(3)20)12-6-4-5-7-13(12)15/h4-10,16,19H,1-3H3,(H,18,20)(H,21,22)/t16-/m0/s1. The summed E-state index contributed by atoms with van der Waals surface area (Å²) in [6.45, 7) is 4.61. The van der Waals surface area contributed by atoms with Crippen molar-refractivity contribution in [2.75, 3.05) is 5.32 Å². The molecule has 0 saturated heterocycles. The summed E-state index contributed by atoms with van der Waals surface area (Å²) in [5, 5.41) is 12.8. The molecule has 0 aliphatic carbocycles. The Hall–Kier alpha value is -2.45. The van der Waals surface area contributed by atoms with Crippen LogP contribution in [0.25, 0.3) is 10.8 Å². The van der Waals surface area contributed by atoms with Crippen molar-refractivity contribution in [3.05, 3.63) is 36.4 Å². The molecule has 1 atom stereocenters. The van der Waals surface area contributed by atoms with Gasteiger partial charge in [-0.05, 0) is 18.1 Å². The molecule has 3 N–H and O–H groups in total. The van der Waals surface area contributed by atoms with Gasteiger partial charge >= 0.3 is 5.97 Å². The van der Waals surface area contributed by atoms with E-state index in [2.05, 4.69) is 10.0 Å². The molecule has 0 radical (unpaired) electrons. The van der Waals surface area contributed by atoms with Crippen molar-refractivity contribution in [1.82, 2.24) is 4.72 Å². The van der Waals surface area contributed by atoms with Crippen molar-refractivity contribution in [2.24, 2.45) is 5.92 Å². The van der Waals surface area contributed by atoms with Crippen molar-refractivity contribution in [2.45, 2.75) is 31.7 Å². The molecule has 2 aromatic rings. The van der Waals surface area contributed by atoms with Crippen LogP contribution < -0.4 is 10.0 Å². The lowest BCUT2D eigenvalue weighted by atomic mass is 10.1. The monoisotopic (exact) mass is 364 g/mol. The van der Waals surface area contributed by atoms with Crippen molar-refractivity contribution in [3.63, 3.8) is 0 Å². The smallest absolute Gasteiger partial charge is 0.322 e. The number of aliphatic carboxylic acids is 1. The number of anilines is 1. The molecule has 1 amide bonds. The number of sulfonamides is 1. The first-order valence-corrected chi connectivity index (χ1v) is 9.16. The molecule has 134 valence electrons. The van der Waals surface area contributed by atoms with Gasteiger partial charge in [0.2, 0.25) is 15.9 Å². The number of nitrogens with one attached hydrogen (secondary N) is 2. The van der Waals surface area contributed by atoms with E-state index in [0.717, 1.165) is 0 Å². The number of carboxylic acid groups (broad SMARTS) is 1. The maximum absolute atomic E-state index is 12.7. The van der Waals surface area contributed by atoms with Gasteiger partial charge in [0.25, 0.3) is 0 Å². The minimum absolute atomic E-state index is 0.0379. The predicted molar refractivity (Wildman–Crippen MR) is 94.8 cm³/mol. The summed E-state index contributed by atoms with van der Waals surface area (Å²) in [4.78, 5) is 22.6. The van der Waals surface area contributed by atoms with Crippen LogP contribution in [0.3, 0.4) is 0 Å². The van der Waals surface area contributed by atoms with E-state index in [1.54, 1.807) is 38.1 Å². The average Bonchev–Trinajstić information content (AvgIpc) is 2.51.